The fourth-order valence-electron chi connectivity index (χ4n) is 11.0. The van der Waals surface area contributed by atoms with Crippen LogP contribution in [0.25, 0.3) is 0 Å². The second kappa shape index (κ2) is 62.4. The van der Waals surface area contributed by atoms with E-state index in [1.165, 1.54) is 212 Å². The van der Waals surface area contributed by atoms with E-state index in [2.05, 4.69) is 104 Å². The highest BCUT2D eigenvalue weighted by Gasteiger charge is 2.44. The zero-order chi connectivity index (χ0) is 60.0. The Morgan fingerprint density at radius 3 is 1.11 bits per heavy atom. The number of hydrogen-bond acceptors (Lipinski definition) is 8. The summed E-state index contributed by atoms with van der Waals surface area (Å²) in [6, 6.07) is -0.725. The molecular formula is C74H133NO8. The van der Waals surface area contributed by atoms with Crippen molar-refractivity contribution >= 4 is 5.91 Å². The summed E-state index contributed by atoms with van der Waals surface area (Å²) < 4.78 is 11.4. The fraction of sp³-hybridized carbons (Fsp3) is 0.797. The number of unbranched alkanes of at least 4 members (excludes halogenated alkanes) is 37. The van der Waals surface area contributed by atoms with Crippen molar-refractivity contribution in [2.45, 2.75) is 365 Å². The number of aliphatic hydroxyl groups is 5. The van der Waals surface area contributed by atoms with Crippen LogP contribution in [-0.2, 0) is 14.3 Å². The lowest BCUT2D eigenvalue weighted by molar-refractivity contribution is -0.302. The van der Waals surface area contributed by atoms with Gasteiger partial charge in [-0.15, -0.1) is 0 Å². The molecule has 0 radical (unpaired) electrons. The molecule has 7 atom stereocenters. The first-order chi connectivity index (χ1) is 40.8. The van der Waals surface area contributed by atoms with Crippen molar-refractivity contribution in [3.8, 4) is 0 Å². The van der Waals surface area contributed by atoms with E-state index in [1.807, 2.05) is 0 Å². The van der Waals surface area contributed by atoms with Gasteiger partial charge in [0.1, 0.15) is 24.4 Å². The number of amides is 1. The van der Waals surface area contributed by atoms with Crippen molar-refractivity contribution < 1.29 is 39.8 Å². The van der Waals surface area contributed by atoms with Crippen LogP contribution in [0, 0.1) is 0 Å². The van der Waals surface area contributed by atoms with Crippen LogP contribution in [-0.4, -0.2) is 87.5 Å². The summed E-state index contributed by atoms with van der Waals surface area (Å²) in [6.45, 7) is 3.76. The van der Waals surface area contributed by atoms with Crippen molar-refractivity contribution in [1.29, 1.82) is 0 Å². The van der Waals surface area contributed by atoms with E-state index < -0.39 is 49.5 Å². The first kappa shape index (κ1) is 78.4. The molecule has 0 aromatic carbocycles. The van der Waals surface area contributed by atoms with Gasteiger partial charge in [0.15, 0.2) is 6.29 Å². The van der Waals surface area contributed by atoms with Crippen LogP contribution in [0.2, 0.25) is 0 Å². The molecule has 1 amide bonds. The minimum Gasteiger partial charge on any atom is -0.394 e. The fourth-order valence-corrected chi connectivity index (χ4v) is 11.0. The summed E-state index contributed by atoms with van der Waals surface area (Å²) in [7, 11) is 0. The van der Waals surface area contributed by atoms with E-state index in [4.69, 9.17) is 9.47 Å². The molecule has 0 bridgehead atoms. The first-order valence-corrected chi connectivity index (χ1v) is 35.3. The Hall–Kier alpha value is -2.63. The Morgan fingerprint density at radius 1 is 0.422 bits per heavy atom. The Morgan fingerprint density at radius 2 is 0.747 bits per heavy atom. The zero-order valence-corrected chi connectivity index (χ0v) is 53.9. The monoisotopic (exact) mass is 1160 g/mol. The molecule has 0 aliphatic carbocycles. The number of ether oxygens (including phenoxy) is 2. The first-order valence-electron chi connectivity index (χ1n) is 35.3. The zero-order valence-electron chi connectivity index (χ0n) is 53.9. The van der Waals surface area contributed by atoms with Gasteiger partial charge in [0.25, 0.3) is 0 Å². The van der Waals surface area contributed by atoms with Gasteiger partial charge in [-0.05, 0) is 70.6 Å². The molecule has 9 heteroatoms. The summed E-state index contributed by atoms with van der Waals surface area (Å²) in [5.74, 6) is -0.144. The molecule has 1 saturated heterocycles. The third-order valence-corrected chi connectivity index (χ3v) is 16.5. The van der Waals surface area contributed by atoms with Crippen molar-refractivity contribution in [3.05, 3.63) is 85.1 Å². The van der Waals surface area contributed by atoms with Gasteiger partial charge in [-0.2, -0.15) is 0 Å². The topological polar surface area (TPSA) is 149 Å². The lowest BCUT2D eigenvalue weighted by Crippen LogP contribution is -2.60. The van der Waals surface area contributed by atoms with Crippen LogP contribution in [0.4, 0.5) is 0 Å². The van der Waals surface area contributed by atoms with Crippen LogP contribution in [0.1, 0.15) is 322 Å². The predicted octanol–water partition coefficient (Wildman–Crippen LogP) is 19.3. The molecule has 83 heavy (non-hydrogen) atoms. The molecule has 0 aromatic rings. The summed E-state index contributed by atoms with van der Waals surface area (Å²) in [5, 5.41) is 55.0. The number of nitrogens with one attached hydrogen (secondary N) is 1. The molecular weight excluding hydrogens is 1030 g/mol. The maximum atomic E-state index is 13.2. The third-order valence-electron chi connectivity index (χ3n) is 16.5. The standard InChI is InChI=1S/C74H133NO8/c1-3-5-7-9-11-13-15-17-19-21-23-25-27-29-30-31-32-33-34-35-36-37-38-40-42-44-46-48-50-52-54-56-58-60-62-64-70(78)75-67(66-82-74-73(81)72(80)71(79)69(65-76)83-74)68(77)63-61-59-57-55-53-51-49-47-45-43-41-39-28-26-24-22-20-18-16-14-12-10-8-6-4-2/h5,7,11,13,17,19,23,25,29-30,32-33,35-36,67-69,71-74,76-77,79-81H,3-4,6,8-10,12,14-16,18,20-22,24,26-28,31,34,37-66H2,1-2H3,(H,75,78)/b7-5-,13-11-,19-17-,25-23-,30-29-,33-32-,36-35-. The number of allylic oxidation sites excluding steroid dienone is 14. The molecule has 6 N–H and O–H groups in total. The highest BCUT2D eigenvalue weighted by atomic mass is 16.7. The minimum absolute atomic E-state index is 0.139. The molecule has 9 nitrogen and oxygen atoms in total. The van der Waals surface area contributed by atoms with E-state index in [0.717, 1.165) is 83.5 Å². The third kappa shape index (κ3) is 51.2. The smallest absolute Gasteiger partial charge is 0.220 e. The molecule has 7 unspecified atom stereocenters. The van der Waals surface area contributed by atoms with Gasteiger partial charge >= 0.3 is 0 Å². The van der Waals surface area contributed by atoms with Crippen molar-refractivity contribution in [1.82, 2.24) is 5.32 Å². The second-order valence-electron chi connectivity index (χ2n) is 24.3. The van der Waals surface area contributed by atoms with Crippen molar-refractivity contribution in [2.75, 3.05) is 13.2 Å². The van der Waals surface area contributed by atoms with Crippen LogP contribution >= 0.6 is 0 Å². The van der Waals surface area contributed by atoms with Crippen molar-refractivity contribution in [3.63, 3.8) is 0 Å². The van der Waals surface area contributed by atoms with Gasteiger partial charge in [0, 0.05) is 6.42 Å². The summed E-state index contributed by atoms with van der Waals surface area (Å²) in [6.07, 6.45) is 82.1. The number of hydrogen-bond donors (Lipinski definition) is 6. The van der Waals surface area contributed by atoms with E-state index in [1.54, 1.807) is 0 Å². The van der Waals surface area contributed by atoms with Gasteiger partial charge in [-0.3, -0.25) is 4.79 Å². The molecule has 1 aliphatic heterocycles. The maximum Gasteiger partial charge on any atom is 0.220 e. The minimum atomic E-state index is -1.56. The number of rotatable bonds is 61. The quantitative estimate of drug-likeness (QED) is 0.0261. The molecule has 482 valence electrons. The van der Waals surface area contributed by atoms with E-state index in [-0.39, 0.29) is 12.5 Å². The van der Waals surface area contributed by atoms with Gasteiger partial charge < -0.3 is 40.3 Å². The molecule has 1 heterocycles. The Labute approximate surface area is 511 Å². The molecule has 1 fully saturated rings. The summed E-state index contributed by atoms with van der Waals surface area (Å²) in [4.78, 5) is 13.2. The normalized spacial score (nSPS) is 18.8. The van der Waals surface area contributed by atoms with Crippen LogP contribution in [0.5, 0.6) is 0 Å². The lowest BCUT2D eigenvalue weighted by Gasteiger charge is -2.40. The molecule has 0 saturated carbocycles. The lowest BCUT2D eigenvalue weighted by atomic mass is 9.99. The van der Waals surface area contributed by atoms with Gasteiger partial charge in [0.2, 0.25) is 5.91 Å². The highest BCUT2D eigenvalue weighted by molar-refractivity contribution is 5.76. The summed E-state index contributed by atoms with van der Waals surface area (Å²) >= 11 is 0. The second-order valence-corrected chi connectivity index (χ2v) is 24.3. The van der Waals surface area contributed by atoms with Gasteiger partial charge in [-0.25, -0.2) is 0 Å². The van der Waals surface area contributed by atoms with Crippen LogP contribution in [0.15, 0.2) is 85.1 Å². The van der Waals surface area contributed by atoms with Gasteiger partial charge in [0.05, 0.1) is 25.4 Å². The Bertz CT molecular complexity index is 1590. The largest absolute Gasteiger partial charge is 0.394 e. The molecule has 1 aliphatic rings. The Balaban J connectivity index is 2.12. The Kier molecular flexibility index (Phi) is 59.0. The number of carbonyl (C=O) groups excluding carboxylic acids is 1. The van der Waals surface area contributed by atoms with E-state index in [0.29, 0.717) is 12.8 Å². The number of carbonyl (C=O) groups is 1. The average molecular weight is 1160 g/mol. The van der Waals surface area contributed by atoms with E-state index in [9.17, 15) is 30.3 Å². The molecule has 1 rings (SSSR count). The van der Waals surface area contributed by atoms with Gasteiger partial charge in [-0.1, -0.05) is 330 Å². The molecule has 0 aromatic heterocycles. The SMILES string of the molecule is CC/C=C\C/C=C\C/C=C\C/C=C\C/C=C\C/C=C\C/C=C\CCCCCCCCCCCCCCCC(=O)NC(COC1OC(CO)C(O)C(O)C1O)C(O)CCCCCCCCCCCCCCCCCCCCCCCCCCC. The average Bonchev–Trinajstić information content (AvgIpc) is 3.60. The van der Waals surface area contributed by atoms with Crippen LogP contribution < -0.4 is 5.32 Å². The molecule has 0 spiro atoms. The van der Waals surface area contributed by atoms with Crippen molar-refractivity contribution in [2.24, 2.45) is 0 Å². The van der Waals surface area contributed by atoms with E-state index >= 15 is 0 Å². The van der Waals surface area contributed by atoms with Crippen LogP contribution in [0.3, 0.4) is 0 Å². The predicted molar refractivity (Wildman–Crippen MR) is 355 cm³/mol. The number of aliphatic hydroxyl groups excluding tert-OH is 5. The summed E-state index contributed by atoms with van der Waals surface area (Å²) in [5.41, 5.74) is 0. The highest BCUT2D eigenvalue weighted by Crippen LogP contribution is 2.24. The maximum absolute atomic E-state index is 13.2.